The third-order valence-corrected chi connectivity index (χ3v) is 4.13. The van der Waals surface area contributed by atoms with Crippen LogP contribution in [-0.2, 0) is 0 Å². The number of benzene rings is 1. The van der Waals surface area contributed by atoms with Crippen molar-refractivity contribution in [1.29, 1.82) is 0 Å². The average molecular weight is 261 g/mol. The van der Waals surface area contributed by atoms with Crippen LogP contribution in [0.3, 0.4) is 0 Å². The zero-order valence-corrected chi connectivity index (χ0v) is 10.9. The summed E-state index contributed by atoms with van der Waals surface area (Å²) in [4.78, 5) is 8.76. The number of aromatic nitrogens is 2. The van der Waals surface area contributed by atoms with Crippen molar-refractivity contribution >= 4 is 27.4 Å². The molecule has 3 rings (SSSR count). The highest BCUT2D eigenvalue weighted by atomic mass is 32.1. The molecule has 0 radical (unpaired) electrons. The highest BCUT2D eigenvalue weighted by molar-refractivity contribution is 7.16. The van der Waals surface area contributed by atoms with Crippen molar-refractivity contribution in [2.75, 3.05) is 5.73 Å². The van der Waals surface area contributed by atoms with Crippen LogP contribution < -0.4 is 5.73 Å². The fraction of sp³-hybridized carbons (Fsp3) is 0.154. The molecule has 0 spiro atoms. The molecule has 0 unspecified atom stereocenters. The predicted octanol–water partition coefficient (Wildman–Crippen LogP) is 3.63. The topological polar surface area (TPSA) is 54.7 Å². The van der Waals surface area contributed by atoms with E-state index in [1.54, 1.807) is 17.4 Å². The summed E-state index contributed by atoms with van der Waals surface area (Å²) in [6.07, 6.45) is 0. The molecule has 1 aromatic carbocycles. The fourth-order valence-corrected chi connectivity index (χ4v) is 2.98. The number of hydrogen-bond donors (Lipinski definition) is 2. The second kappa shape index (κ2) is 3.81. The molecule has 3 aromatic rings. The Bertz CT molecular complexity index is 742. The maximum Gasteiger partial charge on any atom is 0.141 e. The van der Waals surface area contributed by atoms with Crippen molar-refractivity contribution in [1.82, 2.24) is 9.97 Å². The number of aromatic amines is 1. The quantitative estimate of drug-likeness (QED) is 0.702. The molecule has 0 saturated carbocycles. The Morgan fingerprint density at radius 3 is 2.78 bits per heavy atom. The number of nitrogens with zero attached hydrogens (tertiary/aromatic N) is 1. The number of aryl methyl sites for hydroxylation is 1. The minimum atomic E-state index is -0.274. The summed E-state index contributed by atoms with van der Waals surface area (Å²) in [5, 5.41) is 0.740. The van der Waals surface area contributed by atoms with Crippen LogP contribution >= 0.6 is 11.3 Å². The average Bonchev–Trinajstić information content (AvgIpc) is 2.80. The van der Waals surface area contributed by atoms with Gasteiger partial charge < -0.3 is 10.7 Å². The van der Waals surface area contributed by atoms with Crippen LogP contribution in [0.2, 0.25) is 0 Å². The molecule has 0 aliphatic rings. The van der Waals surface area contributed by atoms with E-state index < -0.39 is 0 Å². The number of anilines is 1. The van der Waals surface area contributed by atoms with Gasteiger partial charge in [-0.3, -0.25) is 0 Å². The zero-order chi connectivity index (χ0) is 12.9. The number of nitrogens with one attached hydrogen (secondary N) is 1. The van der Waals surface area contributed by atoms with E-state index in [4.69, 9.17) is 5.73 Å². The van der Waals surface area contributed by atoms with Gasteiger partial charge in [0.05, 0.1) is 21.6 Å². The molecule has 0 bridgehead atoms. The van der Waals surface area contributed by atoms with Gasteiger partial charge in [0, 0.05) is 4.88 Å². The number of hydrogen-bond acceptors (Lipinski definition) is 3. The van der Waals surface area contributed by atoms with Gasteiger partial charge in [-0.2, -0.15) is 0 Å². The highest BCUT2D eigenvalue weighted by Gasteiger charge is 2.15. The number of nitrogen functional groups attached to an aromatic ring is 1. The van der Waals surface area contributed by atoms with Gasteiger partial charge in [0.2, 0.25) is 0 Å². The second-order valence-corrected chi connectivity index (χ2v) is 5.53. The number of imidazole rings is 1. The van der Waals surface area contributed by atoms with Crippen LogP contribution in [0.25, 0.3) is 22.4 Å². The Balaban J connectivity index is 2.25. The fourth-order valence-electron chi connectivity index (χ4n) is 2.05. The van der Waals surface area contributed by atoms with Crippen molar-refractivity contribution in [2.45, 2.75) is 13.8 Å². The van der Waals surface area contributed by atoms with Crippen molar-refractivity contribution in [3.8, 4) is 11.4 Å². The van der Waals surface area contributed by atoms with Crippen molar-refractivity contribution < 1.29 is 4.39 Å². The number of rotatable bonds is 1. The lowest BCUT2D eigenvalue weighted by atomic mass is 10.1. The lowest BCUT2D eigenvalue weighted by molar-refractivity contribution is 0.629. The van der Waals surface area contributed by atoms with E-state index in [0.29, 0.717) is 11.3 Å². The number of fused-ring (bicyclic) bond motifs is 1. The molecular formula is C13H12FN3S. The molecule has 0 fully saturated rings. The van der Waals surface area contributed by atoms with Crippen LogP contribution in [0.4, 0.5) is 9.39 Å². The lowest BCUT2D eigenvalue weighted by Gasteiger charge is -1.97. The monoisotopic (exact) mass is 261 g/mol. The van der Waals surface area contributed by atoms with Gasteiger partial charge in [-0.15, -0.1) is 11.3 Å². The van der Waals surface area contributed by atoms with Crippen molar-refractivity contribution in [3.63, 3.8) is 0 Å². The molecule has 0 atom stereocenters. The molecule has 3 nitrogen and oxygen atoms in total. The first-order chi connectivity index (χ1) is 8.56. The van der Waals surface area contributed by atoms with E-state index in [0.717, 1.165) is 21.6 Å². The molecule has 0 saturated heterocycles. The van der Waals surface area contributed by atoms with Gasteiger partial charge in [-0.25, -0.2) is 9.37 Å². The van der Waals surface area contributed by atoms with Crippen molar-refractivity contribution in [2.24, 2.45) is 0 Å². The minimum Gasteiger partial charge on any atom is -0.390 e. The Hall–Kier alpha value is -1.88. The third-order valence-electron chi connectivity index (χ3n) is 3.09. The van der Waals surface area contributed by atoms with Crippen LogP contribution in [0.1, 0.15) is 10.4 Å². The smallest absolute Gasteiger partial charge is 0.141 e. The molecule has 2 heterocycles. The van der Waals surface area contributed by atoms with E-state index >= 15 is 0 Å². The summed E-state index contributed by atoms with van der Waals surface area (Å²) in [6, 6.07) is 4.51. The summed E-state index contributed by atoms with van der Waals surface area (Å²) in [5.41, 5.74) is 9.49. The van der Waals surface area contributed by atoms with Gasteiger partial charge in [0.15, 0.2) is 0 Å². The largest absolute Gasteiger partial charge is 0.390 e. The summed E-state index contributed by atoms with van der Waals surface area (Å²) >= 11 is 1.55. The van der Waals surface area contributed by atoms with E-state index in [9.17, 15) is 4.39 Å². The predicted molar refractivity (Wildman–Crippen MR) is 73.3 cm³/mol. The summed E-state index contributed by atoms with van der Waals surface area (Å²) in [6.45, 7) is 4.05. The summed E-state index contributed by atoms with van der Waals surface area (Å²) < 4.78 is 13.1. The molecule has 0 amide bonds. The number of halogens is 1. The zero-order valence-electron chi connectivity index (χ0n) is 10.0. The number of nitrogens with two attached hydrogens (primary N) is 1. The molecule has 92 valence electrons. The number of H-pyrrole nitrogens is 1. The van der Waals surface area contributed by atoms with E-state index in [1.807, 2.05) is 13.8 Å². The van der Waals surface area contributed by atoms with E-state index in [-0.39, 0.29) is 5.82 Å². The molecule has 0 aliphatic carbocycles. The maximum absolute atomic E-state index is 13.1. The van der Waals surface area contributed by atoms with E-state index in [1.165, 1.54) is 17.0 Å². The molecular weight excluding hydrogens is 249 g/mol. The van der Waals surface area contributed by atoms with Gasteiger partial charge in [-0.05, 0) is 37.6 Å². The lowest BCUT2D eigenvalue weighted by Crippen LogP contribution is -1.87. The normalized spacial score (nSPS) is 11.3. The van der Waals surface area contributed by atoms with Crippen LogP contribution in [0.15, 0.2) is 18.2 Å². The molecule has 0 aliphatic heterocycles. The first kappa shape index (κ1) is 11.2. The van der Waals surface area contributed by atoms with Gasteiger partial charge in [0.25, 0.3) is 0 Å². The SMILES string of the molecule is Cc1sc(N)c(-c2nc3ccc(F)cc3[nH]2)c1C. The third kappa shape index (κ3) is 1.59. The van der Waals surface area contributed by atoms with Crippen LogP contribution in [0, 0.1) is 19.7 Å². The van der Waals surface area contributed by atoms with Crippen LogP contribution in [-0.4, -0.2) is 9.97 Å². The van der Waals surface area contributed by atoms with Gasteiger partial charge >= 0.3 is 0 Å². The summed E-state index contributed by atoms with van der Waals surface area (Å²) in [7, 11) is 0. The maximum atomic E-state index is 13.1. The second-order valence-electron chi connectivity index (χ2n) is 4.27. The van der Waals surface area contributed by atoms with Gasteiger partial charge in [0.1, 0.15) is 11.6 Å². The molecule has 5 heteroatoms. The van der Waals surface area contributed by atoms with E-state index in [2.05, 4.69) is 9.97 Å². The van der Waals surface area contributed by atoms with Gasteiger partial charge in [-0.1, -0.05) is 0 Å². The molecule has 3 N–H and O–H groups in total. The Labute approximate surface area is 107 Å². The molecule has 18 heavy (non-hydrogen) atoms. The number of thiophene rings is 1. The Morgan fingerprint density at radius 1 is 1.33 bits per heavy atom. The first-order valence-electron chi connectivity index (χ1n) is 5.57. The Morgan fingerprint density at radius 2 is 2.11 bits per heavy atom. The molecule has 2 aromatic heterocycles. The highest BCUT2D eigenvalue weighted by Crippen LogP contribution is 2.37. The van der Waals surface area contributed by atoms with Crippen LogP contribution in [0.5, 0.6) is 0 Å². The van der Waals surface area contributed by atoms with Crippen molar-refractivity contribution in [3.05, 3.63) is 34.5 Å². The Kier molecular flexibility index (Phi) is 2.38. The standard InChI is InChI=1S/C13H12FN3S/c1-6-7(2)18-12(15)11(6)13-16-9-4-3-8(14)5-10(9)17-13/h3-5H,15H2,1-2H3,(H,16,17). The summed E-state index contributed by atoms with van der Waals surface area (Å²) in [5.74, 6) is 0.429. The first-order valence-corrected chi connectivity index (χ1v) is 6.39. The minimum absolute atomic E-state index is 0.274.